The van der Waals surface area contributed by atoms with Crippen LogP contribution in [0.3, 0.4) is 0 Å². The van der Waals surface area contributed by atoms with Gasteiger partial charge in [-0.25, -0.2) is 19.7 Å². The Labute approximate surface area is 231 Å². The summed E-state index contributed by atoms with van der Waals surface area (Å²) >= 11 is 0. The highest BCUT2D eigenvalue weighted by Gasteiger charge is 2.21. The molecule has 0 radical (unpaired) electrons. The van der Waals surface area contributed by atoms with E-state index in [-0.39, 0.29) is 6.03 Å². The number of nitrogens with zero attached hydrogens (tertiary/aromatic N) is 3. The minimum absolute atomic E-state index is 0.343. The second kappa shape index (κ2) is 11.5. The van der Waals surface area contributed by atoms with E-state index in [4.69, 9.17) is 4.42 Å². The molecule has 2 amide bonds. The van der Waals surface area contributed by atoms with Crippen LogP contribution in [0, 0.1) is 0 Å². The van der Waals surface area contributed by atoms with Crippen LogP contribution in [0.15, 0.2) is 120 Å². The van der Waals surface area contributed by atoms with Gasteiger partial charge < -0.3 is 15.1 Å². The monoisotopic (exact) mass is 526 g/mol. The molecule has 0 bridgehead atoms. The van der Waals surface area contributed by atoms with Crippen molar-refractivity contribution in [3.8, 4) is 22.5 Å². The molecule has 0 aliphatic rings. The molecule has 0 aliphatic carbocycles. The summed E-state index contributed by atoms with van der Waals surface area (Å²) < 4.78 is 6.29. The number of carbonyl (C=O) groups is 1. The summed E-state index contributed by atoms with van der Waals surface area (Å²) in [4.78, 5) is 25.3. The summed E-state index contributed by atoms with van der Waals surface area (Å²) in [6.45, 7) is 0.652. The Morgan fingerprint density at radius 1 is 0.725 bits per heavy atom. The number of rotatable bonds is 8. The fourth-order valence-corrected chi connectivity index (χ4v) is 4.54. The van der Waals surface area contributed by atoms with E-state index in [1.165, 1.54) is 6.33 Å². The fourth-order valence-electron chi connectivity index (χ4n) is 4.54. The average Bonchev–Trinajstić information content (AvgIpc) is 3.40. The molecule has 0 saturated carbocycles. The number of anilines is 3. The van der Waals surface area contributed by atoms with E-state index in [0.29, 0.717) is 23.8 Å². The van der Waals surface area contributed by atoms with Crippen LogP contribution in [0.25, 0.3) is 33.6 Å². The Bertz CT molecular complexity index is 1720. The van der Waals surface area contributed by atoms with Gasteiger partial charge in [0.1, 0.15) is 23.7 Å². The molecule has 3 aromatic carbocycles. The van der Waals surface area contributed by atoms with Gasteiger partial charge in [0.25, 0.3) is 0 Å². The smallest absolute Gasteiger partial charge is 0.324 e. The van der Waals surface area contributed by atoms with Crippen molar-refractivity contribution >= 4 is 34.5 Å². The van der Waals surface area contributed by atoms with Gasteiger partial charge in [-0.3, -0.25) is 5.32 Å². The van der Waals surface area contributed by atoms with E-state index in [0.717, 1.165) is 45.6 Å². The predicted molar refractivity (Wildman–Crippen MR) is 158 cm³/mol. The van der Waals surface area contributed by atoms with E-state index in [2.05, 4.69) is 43.0 Å². The van der Waals surface area contributed by atoms with Crippen molar-refractivity contribution in [2.24, 2.45) is 0 Å². The van der Waals surface area contributed by atoms with Crippen LogP contribution >= 0.6 is 0 Å². The highest BCUT2D eigenvalue weighted by molar-refractivity contribution is 6.05. The highest BCUT2D eigenvalue weighted by Crippen LogP contribution is 2.42. The van der Waals surface area contributed by atoms with Gasteiger partial charge in [-0.15, -0.1) is 0 Å². The Hall–Kier alpha value is -5.50. The second-order valence-electron chi connectivity index (χ2n) is 9.11. The van der Waals surface area contributed by atoms with Crippen molar-refractivity contribution < 1.29 is 9.21 Å². The van der Waals surface area contributed by atoms with Gasteiger partial charge in [-0.05, 0) is 41.8 Å². The first kappa shape index (κ1) is 24.8. The molecule has 0 fully saturated rings. The van der Waals surface area contributed by atoms with E-state index in [1.54, 1.807) is 18.3 Å². The maximum Gasteiger partial charge on any atom is 0.324 e. The molecule has 6 aromatic rings. The molecule has 196 valence electrons. The van der Waals surface area contributed by atoms with Crippen LogP contribution in [0.4, 0.5) is 22.1 Å². The average molecular weight is 527 g/mol. The number of nitrogens with one attached hydrogen (secondary N) is 3. The third-order valence-electron chi connectivity index (χ3n) is 6.41. The van der Waals surface area contributed by atoms with Crippen molar-refractivity contribution in [2.75, 3.05) is 22.5 Å². The SMILES string of the molecule is O=C(Nc1ccc(CCNc2ncnc3oc(-c4ccccc4)c(-c4ccccc4)c23)cc1)Nc1ccccn1. The Balaban J connectivity index is 1.18. The summed E-state index contributed by atoms with van der Waals surface area (Å²) in [5.41, 5.74) is 5.33. The third-order valence-corrected chi connectivity index (χ3v) is 6.41. The van der Waals surface area contributed by atoms with Crippen molar-refractivity contribution in [1.82, 2.24) is 15.0 Å². The molecule has 3 heterocycles. The number of aromatic nitrogens is 3. The number of furan rings is 1. The molecular weight excluding hydrogens is 500 g/mol. The minimum Gasteiger partial charge on any atom is -0.437 e. The van der Waals surface area contributed by atoms with E-state index < -0.39 is 0 Å². The molecule has 0 spiro atoms. The normalized spacial score (nSPS) is 10.8. The Kier molecular flexibility index (Phi) is 7.13. The molecule has 3 aromatic heterocycles. The molecule has 0 aliphatic heterocycles. The van der Waals surface area contributed by atoms with Crippen molar-refractivity contribution in [3.63, 3.8) is 0 Å². The zero-order chi connectivity index (χ0) is 27.1. The van der Waals surface area contributed by atoms with Crippen LogP contribution < -0.4 is 16.0 Å². The predicted octanol–water partition coefficient (Wildman–Crippen LogP) is 7.25. The summed E-state index contributed by atoms with van der Waals surface area (Å²) in [6.07, 6.45) is 3.91. The first-order chi connectivity index (χ1) is 19.7. The number of urea groups is 1. The van der Waals surface area contributed by atoms with Crippen LogP contribution in [-0.4, -0.2) is 27.5 Å². The summed E-state index contributed by atoms with van der Waals surface area (Å²) in [5.74, 6) is 1.98. The van der Waals surface area contributed by atoms with Crippen LogP contribution in [0.5, 0.6) is 0 Å². The molecule has 0 unspecified atom stereocenters. The Morgan fingerprint density at radius 2 is 1.45 bits per heavy atom. The van der Waals surface area contributed by atoms with Crippen molar-refractivity contribution in [2.45, 2.75) is 6.42 Å². The largest absolute Gasteiger partial charge is 0.437 e. The zero-order valence-corrected chi connectivity index (χ0v) is 21.5. The first-order valence-electron chi connectivity index (χ1n) is 12.9. The van der Waals surface area contributed by atoms with Gasteiger partial charge in [-0.2, -0.15) is 0 Å². The van der Waals surface area contributed by atoms with E-state index >= 15 is 0 Å². The van der Waals surface area contributed by atoms with Gasteiger partial charge >= 0.3 is 6.03 Å². The summed E-state index contributed by atoms with van der Waals surface area (Å²) in [5, 5.41) is 9.87. The van der Waals surface area contributed by atoms with E-state index in [9.17, 15) is 4.79 Å². The maximum absolute atomic E-state index is 12.2. The first-order valence-corrected chi connectivity index (χ1v) is 12.9. The lowest BCUT2D eigenvalue weighted by atomic mass is 9.99. The van der Waals surface area contributed by atoms with Gasteiger partial charge in [-0.1, -0.05) is 78.9 Å². The number of hydrogen-bond acceptors (Lipinski definition) is 6. The number of fused-ring (bicyclic) bond motifs is 1. The lowest BCUT2D eigenvalue weighted by Crippen LogP contribution is -2.19. The Morgan fingerprint density at radius 3 is 2.17 bits per heavy atom. The molecule has 40 heavy (non-hydrogen) atoms. The topological polar surface area (TPSA) is 105 Å². The van der Waals surface area contributed by atoms with Gasteiger partial charge in [0, 0.05) is 29.6 Å². The lowest BCUT2D eigenvalue weighted by Gasteiger charge is -2.10. The summed E-state index contributed by atoms with van der Waals surface area (Å²) in [6, 6.07) is 33.0. The van der Waals surface area contributed by atoms with Crippen molar-refractivity contribution in [3.05, 3.63) is 121 Å². The zero-order valence-electron chi connectivity index (χ0n) is 21.5. The summed E-state index contributed by atoms with van der Waals surface area (Å²) in [7, 11) is 0. The number of amides is 2. The molecule has 8 nitrogen and oxygen atoms in total. The molecular formula is C32H26N6O2. The van der Waals surface area contributed by atoms with Crippen LogP contribution in [0.1, 0.15) is 5.56 Å². The number of carbonyl (C=O) groups excluding carboxylic acids is 1. The van der Waals surface area contributed by atoms with Gasteiger partial charge in [0.2, 0.25) is 5.71 Å². The lowest BCUT2D eigenvalue weighted by molar-refractivity contribution is 0.262. The fraction of sp³-hybridized carbons (Fsp3) is 0.0625. The number of pyridine rings is 1. The van der Waals surface area contributed by atoms with Gasteiger partial charge in [0.05, 0.1) is 5.39 Å². The highest BCUT2D eigenvalue weighted by atomic mass is 16.3. The molecule has 3 N–H and O–H groups in total. The number of benzene rings is 3. The van der Waals surface area contributed by atoms with Crippen LogP contribution in [-0.2, 0) is 6.42 Å². The minimum atomic E-state index is -0.343. The molecule has 0 saturated heterocycles. The van der Waals surface area contributed by atoms with Crippen LogP contribution in [0.2, 0.25) is 0 Å². The third kappa shape index (κ3) is 5.51. The molecule has 6 rings (SSSR count). The molecule has 0 atom stereocenters. The standard InChI is InChI=1S/C32H26N6O2/c39-32(38-26-13-7-8-19-33-26)37-25-16-14-22(15-17-25)18-20-34-30-28-27(23-9-3-1-4-10-23)29(24-11-5-2-6-12-24)40-31(28)36-21-35-30/h1-17,19,21H,18,20H2,(H,34,35,36)(H2,33,37,38,39). The second-order valence-corrected chi connectivity index (χ2v) is 9.11. The van der Waals surface area contributed by atoms with E-state index in [1.807, 2.05) is 78.9 Å². The molecule has 8 heteroatoms. The maximum atomic E-state index is 12.2. The number of hydrogen-bond donors (Lipinski definition) is 3. The van der Waals surface area contributed by atoms with Gasteiger partial charge in [0.15, 0.2) is 0 Å². The van der Waals surface area contributed by atoms with Crippen molar-refractivity contribution in [1.29, 1.82) is 0 Å². The quantitative estimate of drug-likeness (QED) is 0.193.